The molecule has 2 N–H and O–H groups in total. The van der Waals surface area contributed by atoms with E-state index in [4.69, 9.17) is 0 Å². The number of carbonyl (C=O) groups excluding carboxylic acids is 2. The lowest BCUT2D eigenvalue weighted by atomic mass is 9.87. The van der Waals surface area contributed by atoms with Gasteiger partial charge in [-0.1, -0.05) is 52.3 Å². The van der Waals surface area contributed by atoms with Crippen molar-refractivity contribution < 1.29 is 14.0 Å². The lowest BCUT2D eigenvalue weighted by molar-refractivity contribution is -0.118. The Morgan fingerprint density at radius 2 is 1.58 bits per heavy atom. The molecule has 2 unspecified atom stereocenters. The number of benzene rings is 3. The number of rotatable bonds is 5. The maximum Gasteiger partial charge on any atom is 0.261 e. The lowest BCUT2D eigenvalue weighted by Crippen LogP contribution is -2.39. The van der Waals surface area contributed by atoms with Crippen molar-refractivity contribution in [3.63, 3.8) is 0 Å². The molecule has 0 saturated heterocycles. The van der Waals surface area contributed by atoms with Gasteiger partial charge in [0.25, 0.3) is 5.91 Å². The standard InChI is InChI=1S/C27H21BrFN5O2/c1-16-23(27(36)33-19-10-6-3-7-11-19)24(20-14-17(28)12-13-22(20)29)34-25(31-16)21(15-30-34)26(35)32-18-8-4-2-5-9-18/h2-15,23-24H,1H3,(H,32,35)(H,33,36). The van der Waals surface area contributed by atoms with Crippen LogP contribution in [0.15, 0.2) is 94.5 Å². The lowest BCUT2D eigenvalue weighted by Gasteiger charge is -2.31. The molecular weight excluding hydrogens is 525 g/mol. The number of fused-ring (bicyclic) bond motifs is 1. The Labute approximate surface area is 215 Å². The Bertz CT molecular complexity index is 1470. The van der Waals surface area contributed by atoms with E-state index in [0.29, 0.717) is 21.6 Å². The molecule has 9 heteroatoms. The minimum atomic E-state index is -0.869. The number of hydrogen-bond donors (Lipinski definition) is 2. The fourth-order valence-corrected chi connectivity index (χ4v) is 4.66. The third-order valence-corrected chi connectivity index (χ3v) is 6.45. The first-order chi connectivity index (χ1) is 17.4. The molecule has 180 valence electrons. The summed E-state index contributed by atoms with van der Waals surface area (Å²) < 4.78 is 17.3. The highest BCUT2D eigenvalue weighted by atomic mass is 79.9. The van der Waals surface area contributed by atoms with E-state index in [1.165, 1.54) is 16.9 Å². The van der Waals surface area contributed by atoms with Gasteiger partial charge in [-0.2, -0.15) is 5.10 Å². The van der Waals surface area contributed by atoms with Crippen LogP contribution in [0, 0.1) is 11.7 Å². The minimum Gasteiger partial charge on any atom is -0.325 e. The van der Waals surface area contributed by atoms with Gasteiger partial charge in [0.05, 0.1) is 12.2 Å². The van der Waals surface area contributed by atoms with Crippen LogP contribution in [0.25, 0.3) is 0 Å². The average Bonchev–Trinajstić information content (AvgIpc) is 3.29. The summed E-state index contributed by atoms with van der Waals surface area (Å²) in [5, 5.41) is 10.1. The topological polar surface area (TPSA) is 88.4 Å². The fourth-order valence-electron chi connectivity index (χ4n) is 4.28. The quantitative estimate of drug-likeness (QED) is 0.323. The van der Waals surface area contributed by atoms with Gasteiger partial charge >= 0.3 is 0 Å². The van der Waals surface area contributed by atoms with E-state index in [-0.39, 0.29) is 22.9 Å². The maximum atomic E-state index is 15.2. The molecule has 1 aromatic heterocycles. The second-order valence-corrected chi connectivity index (χ2v) is 9.26. The first kappa shape index (κ1) is 23.6. The molecule has 0 aliphatic carbocycles. The summed E-state index contributed by atoms with van der Waals surface area (Å²) in [6, 6.07) is 21.7. The van der Waals surface area contributed by atoms with Gasteiger partial charge < -0.3 is 10.6 Å². The van der Waals surface area contributed by atoms with E-state index in [1.807, 2.05) is 36.4 Å². The van der Waals surface area contributed by atoms with Gasteiger partial charge in [-0.3, -0.25) is 9.59 Å². The predicted octanol–water partition coefficient (Wildman–Crippen LogP) is 5.99. The number of nitrogens with zero attached hydrogens (tertiary/aromatic N) is 3. The van der Waals surface area contributed by atoms with E-state index < -0.39 is 23.7 Å². The smallest absolute Gasteiger partial charge is 0.261 e. The van der Waals surface area contributed by atoms with Crippen molar-refractivity contribution in [2.75, 3.05) is 10.6 Å². The van der Waals surface area contributed by atoms with Crippen LogP contribution < -0.4 is 10.6 Å². The Kier molecular flexibility index (Phi) is 6.47. The zero-order valence-corrected chi connectivity index (χ0v) is 20.7. The van der Waals surface area contributed by atoms with Crippen molar-refractivity contribution in [3.8, 4) is 0 Å². The monoisotopic (exact) mass is 545 g/mol. The first-order valence-electron chi connectivity index (χ1n) is 11.2. The molecule has 1 aliphatic heterocycles. The summed E-state index contributed by atoms with van der Waals surface area (Å²) in [6.07, 6.45) is 1.39. The van der Waals surface area contributed by atoms with Crippen molar-refractivity contribution >= 4 is 50.6 Å². The van der Waals surface area contributed by atoms with Crippen molar-refractivity contribution in [1.82, 2.24) is 9.78 Å². The summed E-state index contributed by atoms with van der Waals surface area (Å²) in [5.41, 5.74) is 2.15. The normalized spacial score (nSPS) is 16.6. The molecular formula is C27H21BrFN5O2. The predicted molar refractivity (Wildman–Crippen MR) is 140 cm³/mol. The van der Waals surface area contributed by atoms with Crippen LogP contribution in [0.4, 0.5) is 21.6 Å². The molecule has 2 amide bonds. The highest BCUT2D eigenvalue weighted by molar-refractivity contribution is 9.10. The van der Waals surface area contributed by atoms with Crippen LogP contribution >= 0.6 is 15.9 Å². The summed E-state index contributed by atoms with van der Waals surface area (Å²) in [4.78, 5) is 31.2. The molecule has 0 bridgehead atoms. The Hall–Kier alpha value is -4.11. The van der Waals surface area contributed by atoms with E-state index in [1.54, 1.807) is 43.3 Å². The van der Waals surface area contributed by atoms with Crippen LogP contribution in [0.5, 0.6) is 0 Å². The Morgan fingerprint density at radius 1 is 0.944 bits per heavy atom. The van der Waals surface area contributed by atoms with E-state index in [2.05, 4.69) is 36.7 Å². The van der Waals surface area contributed by atoms with Gasteiger partial charge in [0.15, 0.2) is 5.82 Å². The summed E-state index contributed by atoms with van der Waals surface area (Å²) in [5.74, 6) is -1.87. The van der Waals surface area contributed by atoms with E-state index in [9.17, 15) is 9.59 Å². The number of para-hydroxylation sites is 2. The Morgan fingerprint density at radius 3 is 2.25 bits per heavy atom. The van der Waals surface area contributed by atoms with Crippen molar-refractivity contribution in [3.05, 3.63) is 106 Å². The molecule has 0 spiro atoms. The summed E-state index contributed by atoms with van der Waals surface area (Å²) >= 11 is 3.40. The van der Waals surface area contributed by atoms with Crippen molar-refractivity contribution in [2.45, 2.75) is 13.0 Å². The number of carbonyl (C=O) groups is 2. The van der Waals surface area contributed by atoms with E-state index in [0.717, 1.165) is 0 Å². The number of anilines is 2. The highest BCUT2D eigenvalue weighted by Gasteiger charge is 2.41. The first-order valence-corrected chi connectivity index (χ1v) is 12.0. The number of aromatic nitrogens is 2. The maximum absolute atomic E-state index is 15.2. The van der Waals surface area contributed by atoms with Gasteiger partial charge in [-0.15, -0.1) is 0 Å². The van der Waals surface area contributed by atoms with Gasteiger partial charge in [0.1, 0.15) is 17.3 Å². The third-order valence-electron chi connectivity index (χ3n) is 5.96. The van der Waals surface area contributed by atoms with Gasteiger partial charge in [-0.05, 0) is 49.4 Å². The largest absolute Gasteiger partial charge is 0.325 e. The van der Waals surface area contributed by atoms with Gasteiger partial charge in [-0.25, -0.2) is 14.1 Å². The van der Waals surface area contributed by atoms with Crippen LogP contribution in [-0.4, -0.2) is 27.3 Å². The van der Waals surface area contributed by atoms with E-state index >= 15 is 4.39 Å². The molecule has 0 fully saturated rings. The molecule has 36 heavy (non-hydrogen) atoms. The van der Waals surface area contributed by atoms with Crippen molar-refractivity contribution in [2.24, 2.45) is 10.9 Å². The average molecular weight is 546 g/mol. The second kappa shape index (κ2) is 9.87. The number of hydrogen-bond acceptors (Lipinski definition) is 4. The molecule has 2 atom stereocenters. The van der Waals surface area contributed by atoms with Crippen molar-refractivity contribution in [1.29, 1.82) is 0 Å². The van der Waals surface area contributed by atoms with Crippen LogP contribution in [0.3, 0.4) is 0 Å². The number of aliphatic imine (C=N–C) groups is 1. The molecule has 2 heterocycles. The minimum absolute atomic E-state index is 0.223. The fraction of sp³-hybridized carbons (Fsp3) is 0.111. The zero-order valence-electron chi connectivity index (χ0n) is 19.2. The highest BCUT2D eigenvalue weighted by Crippen LogP contribution is 2.40. The second-order valence-electron chi connectivity index (χ2n) is 8.34. The molecule has 5 rings (SSSR count). The van der Waals surface area contributed by atoms with Crippen LogP contribution in [-0.2, 0) is 4.79 Å². The number of nitrogens with one attached hydrogen (secondary N) is 2. The molecule has 3 aromatic carbocycles. The molecule has 7 nitrogen and oxygen atoms in total. The van der Waals surface area contributed by atoms with Gasteiger partial charge in [0.2, 0.25) is 5.91 Å². The summed E-state index contributed by atoms with van der Waals surface area (Å²) in [7, 11) is 0. The molecule has 0 saturated carbocycles. The van der Waals surface area contributed by atoms with Crippen LogP contribution in [0.1, 0.15) is 28.9 Å². The van der Waals surface area contributed by atoms with Crippen LogP contribution in [0.2, 0.25) is 0 Å². The van der Waals surface area contributed by atoms with Gasteiger partial charge in [0, 0.05) is 27.1 Å². The number of amides is 2. The number of halogens is 2. The molecule has 0 radical (unpaired) electrons. The Balaban J connectivity index is 1.58. The molecule has 1 aliphatic rings. The zero-order chi connectivity index (χ0) is 25.2. The SMILES string of the molecule is CC1=Nc2c(C(=O)Nc3ccccc3)cnn2C(c2cc(Br)ccc2F)C1C(=O)Nc1ccccc1. The molecule has 4 aromatic rings. The third kappa shape index (κ3) is 4.57. The summed E-state index contributed by atoms with van der Waals surface area (Å²) in [6.45, 7) is 1.70.